The second-order valence-electron chi connectivity index (χ2n) is 5.85. The van der Waals surface area contributed by atoms with E-state index in [-0.39, 0.29) is 33.1 Å². The van der Waals surface area contributed by atoms with E-state index in [1.807, 2.05) is 0 Å². The van der Waals surface area contributed by atoms with Gasteiger partial charge in [-0.15, -0.1) is 11.3 Å². The maximum atomic E-state index is 12.5. The van der Waals surface area contributed by atoms with E-state index in [9.17, 15) is 27.9 Å². The molecule has 0 bridgehead atoms. The molecule has 0 radical (unpaired) electrons. The van der Waals surface area contributed by atoms with Crippen LogP contribution in [0.3, 0.4) is 0 Å². The monoisotopic (exact) mass is 491 g/mol. The van der Waals surface area contributed by atoms with E-state index in [1.165, 1.54) is 11.6 Å². The Morgan fingerprint density at radius 1 is 1.16 bits per heavy atom. The lowest BCUT2D eigenvalue weighted by molar-refractivity contribution is -0.141. The highest BCUT2D eigenvalue weighted by atomic mass is 35.5. The highest BCUT2D eigenvalue weighted by Crippen LogP contribution is 2.31. The molecule has 2 amide bonds. The third-order valence-corrected chi connectivity index (χ3v) is 5.01. The van der Waals surface area contributed by atoms with Crippen molar-refractivity contribution >= 4 is 51.4 Å². The zero-order valence-electron chi connectivity index (χ0n) is 15.0. The smallest absolute Gasteiger partial charge is 0.433 e. The van der Waals surface area contributed by atoms with Crippen LogP contribution in [-0.4, -0.2) is 31.9 Å². The summed E-state index contributed by atoms with van der Waals surface area (Å²) in [6.07, 6.45) is -3.56. The Hall–Kier alpha value is -2.96. The number of nitrogens with zero attached hydrogens (tertiary/aromatic N) is 3. The lowest BCUT2D eigenvalue weighted by Crippen LogP contribution is -2.25. The Balaban J connectivity index is 1.67. The highest BCUT2D eigenvalue weighted by Gasteiger charge is 2.32. The average molecular weight is 492 g/mol. The predicted molar refractivity (Wildman–Crippen MR) is 106 cm³/mol. The van der Waals surface area contributed by atoms with Crippen LogP contribution in [0.4, 0.5) is 18.2 Å². The molecule has 3 heterocycles. The normalized spacial score (nSPS) is 11.3. The van der Waals surface area contributed by atoms with E-state index < -0.39 is 29.4 Å². The number of thiazole rings is 1. The number of hydrogen-bond acceptors (Lipinski definition) is 7. The number of pyridine rings is 2. The van der Waals surface area contributed by atoms with Crippen molar-refractivity contribution in [3.05, 3.63) is 62.7 Å². The number of nitrogens with one attached hydrogen (secondary N) is 2. The molecule has 0 aliphatic rings. The highest BCUT2D eigenvalue weighted by molar-refractivity contribution is 7.14. The summed E-state index contributed by atoms with van der Waals surface area (Å²) >= 11 is 12.4. The summed E-state index contributed by atoms with van der Waals surface area (Å²) in [6.45, 7) is -0.111. The van der Waals surface area contributed by atoms with Crippen LogP contribution in [0.5, 0.6) is 5.75 Å². The molecule has 0 aliphatic heterocycles. The SMILES string of the molecule is O=C(Nc1scnc1C(=O)NCc1ccc(C(F)(F)F)nc1)c1cc(Cl)c(O)c(Cl)n1. The Morgan fingerprint density at radius 2 is 1.90 bits per heavy atom. The number of aromatic hydroxyl groups is 1. The van der Waals surface area contributed by atoms with Gasteiger partial charge >= 0.3 is 6.18 Å². The van der Waals surface area contributed by atoms with Gasteiger partial charge < -0.3 is 15.7 Å². The van der Waals surface area contributed by atoms with E-state index in [0.717, 1.165) is 29.7 Å². The minimum atomic E-state index is -4.56. The maximum absolute atomic E-state index is 12.5. The van der Waals surface area contributed by atoms with Crippen molar-refractivity contribution in [2.24, 2.45) is 0 Å². The molecule has 3 aromatic heterocycles. The number of rotatable bonds is 5. The lowest BCUT2D eigenvalue weighted by Gasteiger charge is -2.09. The van der Waals surface area contributed by atoms with Crippen LogP contribution in [0, 0.1) is 0 Å². The van der Waals surface area contributed by atoms with Crippen molar-refractivity contribution in [2.45, 2.75) is 12.7 Å². The second kappa shape index (κ2) is 9.04. The molecule has 31 heavy (non-hydrogen) atoms. The molecule has 0 saturated carbocycles. The van der Waals surface area contributed by atoms with Crippen molar-refractivity contribution in [1.82, 2.24) is 20.3 Å². The number of carbonyl (C=O) groups is 2. The van der Waals surface area contributed by atoms with Gasteiger partial charge in [-0.25, -0.2) is 9.97 Å². The summed E-state index contributed by atoms with van der Waals surface area (Å²) in [6, 6.07) is 3.08. The number of alkyl halides is 3. The zero-order chi connectivity index (χ0) is 22.8. The fourth-order valence-electron chi connectivity index (χ4n) is 2.22. The van der Waals surface area contributed by atoms with Crippen molar-refractivity contribution < 1.29 is 27.9 Å². The van der Waals surface area contributed by atoms with Gasteiger partial charge in [0.1, 0.15) is 16.4 Å². The third-order valence-electron chi connectivity index (χ3n) is 3.71. The zero-order valence-corrected chi connectivity index (χ0v) is 17.3. The van der Waals surface area contributed by atoms with Crippen molar-refractivity contribution in [1.29, 1.82) is 0 Å². The minimum Gasteiger partial charge on any atom is -0.504 e. The number of amides is 2. The molecule has 3 N–H and O–H groups in total. The Morgan fingerprint density at radius 3 is 2.52 bits per heavy atom. The largest absolute Gasteiger partial charge is 0.504 e. The first kappa shape index (κ1) is 22.7. The topological polar surface area (TPSA) is 117 Å². The van der Waals surface area contributed by atoms with Gasteiger partial charge in [-0.1, -0.05) is 29.3 Å². The number of aromatic nitrogens is 3. The first-order valence-corrected chi connectivity index (χ1v) is 9.80. The fourth-order valence-corrected chi connectivity index (χ4v) is 3.33. The van der Waals surface area contributed by atoms with Crippen LogP contribution in [0.25, 0.3) is 0 Å². The van der Waals surface area contributed by atoms with E-state index in [2.05, 4.69) is 25.6 Å². The summed E-state index contributed by atoms with van der Waals surface area (Å²) in [7, 11) is 0. The van der Waals surface area contributed by atoms with Gasteiger partial charge in [0.25, 0.3) is 11.8 Å². The molecule has 0 saturated heterocycles. The number of hydrogen-bond donors (Lipinski definition) is 3. The molecule has 0 aromatic carbocycles. The lowest BCUT2D eigenvalue weighted by atomic mass is 10.2. The molecule has 8 nitrogen and oxygen atoms in total. The van der Waals surface area contributed by atoms with Gasteiger partial charge in [0.05, 0.1) is 10.5 Å². The number of anilines is 1. The van der Waals surface area contributed by atoms with Gasteiger partial charge in [-0.05, 0) is 17.7 Å². The summed E-state index contributed by atoms with van der Waals surface area (Å²) < 4.78 is 37.6. The first-order chi connectivity index (χ1) is 14.6. The quantitative estimate of drug-likeness (QED) is 0.461. The molecule has 0 aliphatic carbocycles. The Labute approximate surface area is 186 Å². The summed E-state index contributed by atoms with van der Waals surface area (Å²) in [5.74, 6) is -1.91. The molecular weight excluding hydrogens is 482 g/mol. The van der Waals surface area contributed by atoms with Crippen LogP contribution in [0.1, 0.15) is 32.2 Å². The molecule has 14 heteroatoms. The van der Waals surface area contributed by atoms with Gasteiger partial charge in [0.2, 0.25) is 0 Å². The summed E-state index contributed by atoms with van der Waals surface area (Å²) in [4.78, 5) is 35.7. The predicted octanol–water partition coefficient (Wildman–Crippen LogP) is 4.15. The van der Waals surface area contributed by atoms with Crippen molar-refractivity contribution in [3.63, 3.8) is 0 Å². The molecule has 162 valence electrons. The molecule has 3 rings (SSSR count). The van der Waals surface area contributed by atoms with Gasteiger partial charge in [-0.2, -0.15) is 13.2 Å². The summed E-state index contributed by atoms with van der Waals surface area (Å²) in [5.41, 5.74) is 0.279. The van der Waals surface area contributed by atoms with Gasteiger partial charge in [0, 0.05) is 12.7 Å². The van der Waals surface area contributed by atoms with Gasteiger partial charge in [0.15, 0.2) is 16.6 Å². The second-order valence-corrected chi connectivity index (χ2v) is 7.47. The van der Waals surface area contributed by atoms with Crippen LogP contribution in [0.2, 0.25) is 10.2 Å². The molecule has 0 fully saturated rings. The van der Waals surface area contributed by atoms with Crippen LogP contribution in [0.15, 0.2) is 29.9 Å². The molecular formula is C17H10Cl2F3N5O3S. The van der Waals surface area contributed by atoms with E-state index >= 15 is 0 Å². The molecule has 3 aromatic rings. The molecule has 0 atom stereocenters. The maximum Gasteiger partial charge on any atom is 0.433 e. The van der Waals surface area contributed by atoms with E-state index in [0.29, 0.717) is 5.56 Å². The first-order valence-electron chi connectivity index (χ1n) is 8.16. The van der Waals surface area contributed by atoms with Crippen molar-refractivity contribution in [3.8, 4) is 5.75 Å². The van der Waals surface area contributed by atoms with E-state index in [4.69, 9.17) is 23.2 Å². The fraction of sp³-hybridized carbons (Fsp3) is 0.118. The number of halogens is 5. The average Bonchev–Trinajstić information content (AvgIpc) is 3.17. The van der Waals surface area contributed by atoms with Crippen molar-refractivity contribution in [2.75, 3.05) is 5.32 Å². The van der Waals surface area contributed by atoms with Crippen LogP contribution in [-0.2, 0) is 12.7 Å². The Bertz CT molecular complexity index is 1120. The van der Waals surface area contributed by atoms with Crippen LogP contribution < -0.4 is 10.6 Å². The van der Waals surface area contributed by atoms with Crippen LogP contribution >= 0.6 is 34.5 Å². The number of carbonyl (C=O) groups excluding carboxylic acids is 2. The van der Waals surface area contributed by atoms with Gasteiger partial charge in [-0.3, -0.25) is 14.6 Å². The molecule has 0 unspecified atom stereocenters. The third kappa shape index (κ3) is 5.40. The van der Waals surface area contributed by atoms with E-state index in [1.54, 1.807) is 0 Å². The minimum absolute atomic E-state index is 0.0927. The Kier molecular flexibility index (Phi) is 6.62. The summed E-state index contributed by atoms with van der Waals surface area (Å²) in [5, 5.41) is 14.0. The standard InChI is InChI=1S/C17H10Cl2F3N5O3S/c18-8-3-9(26-13(19)12(8)28)14(29)27-16-11(25-6-31-16)15(30)24-5-7-1-2-10(23-4-7)17(20,21)22/h1-4,6,28H,5H2,(H,24,30)(H,27,29). The molecule has 0 spiro atoms.